The highest BCUT2D eigenvalue weighted by molar-refractivity contribution is 6.21. The Balaban J connectivity index is 2.10. The molecule has 0 aliphatic heterocycles. The maximum atomic E-state index is 13.8. The Labute approximate surface area is 106 Å². The van der Waals surface area contributed by atoms with Crippen LogP contribution in [-0.4, -0.2) is 21.4 Å². The lowest BCUT2D eigenvalue weighted by Crippen LogP contribution is -2.29. The van der Waals surface area contributed by atoms with Crippen LogP contribution < -0.4 is 5.32 Å². The molecule has 0 amide bonds. The number of aromatic nitrogens is 2. The smallest absolute Gasteiger partial charge is 0.186 e. The van der Waals surface area contributed by atoms with Crippen LogP contribution in [0, 0.1) is 12.7 Å². The summed E-state index contributed by atoms with van der Waals surface area (Å²) < 4.78 is 13.8. The molecule has 0 saturated heterocycles. The van der Waals surface area contributed by atoms with Crippen LogP contribution in [0.25, 0.3) is 0 Å². The molecule has 17 heavy (non-hydrogen) atoms. The van der Waals surface area contributed by atoms with E-state index in [-0.39, 0.29) is 23.1 Å². The molecule has 1 aromatic heterocycles. The van der Waals surface area contributed by atoms with Gasteiger partial charge in [-0.1, -0.05) is 19.3 Å². The van der Waals surface area contributed by atoms with E-state index < -0.39 is 0 Å². The highest BCUT2D eigenvalue weighted by atomic mass is 35.5. The highest BCUT2D eigenvalue weighted by Crippen LogP contribution is 2.25. The van der Waals surface area contributed by atoms with Crippen molar-refractivity contribution >= 4 is 17.4 Å². The fourth-order valence-electron chi connectivity index (χ4n) is 2.16. The molecule has 2 atom stereocenters. The lowest BCUT2D eigenvalue weighted by molar-refractivity contribution is 0.583. The summed E-state index contributed by atoms with van der Waals surface area (Å²) in [7, 11) is 0. The van der Waals surface area contributed by atoms with Gasteiger partial charge in [0, 0.05) is 6.04 Å². The molecule has 1 saturated carbocycles. The lowest BCUT2D eigenvalue weighted by atomic mass is 10.1. The van der Waals surface area contributed by atoms with E-state index in [2.05, 4.69) is 15.3 Å². The van der Waals surface area contributed by atoms with Crippen LogP contribution in [0.1, 0.15) is 37.8 Å². The third-order valence-corrected chi connectivity index (χ3v) is 3.74. The summed E-state index contributed by atoms with van der Waals surface area (Å²) in [6, 6.07) is 0.1000. The van der Waals surface area contributed by atoms with Gasteiger partial charge >= 0.3 is 0 Å². The van der Waals surface area contributed by atoms with Gasteiger partial charge in [-0.25, -0.2) is 14.4 Å². The monoisotopic (exact) mass is 257 g/mol. The first-order valence-corrected chi connectivity index (χ1v) is 6.50. The maximum Gasteiger partial charge on any atom is 0.186 e. The normalized spacial score (nSPS) is 25.4. The van der Waals surface area contributed by atoms with Gasteiger partial charge in [0.1, 0.15) is 6.33 Å². The average molecular weight is 258 g/mol. The molecule has 0 radical (unpaired) electrons. The summed E-state index contributed by atoms with van der Waals surface area (Å²) in [6.45, 7) is 1.63. The van der Waals surface area contributed by atoms with Gasteiger partial charge in [0.2, 0.25) is 0 Å². The van der Waals surface area contributed by atoms with Gasteiger partial charge in [-0.15, -0.1) is 11.6 Å². The third kappa shape index (κ3) is 3.06. The number of hydrogen-bond donors (Lipinski definition) is 1. The number of aryl methyl sites for hydroxylation is 1. The third-order valence-electron chi connectivity index (χ3n) is 3.22. The quantitative estimate of drug-likeness (QED) is 0.653. The minimum atomic E-state index is -0.374. The molecule has 5 heteroatoms. The lowest BCUT2D eigenvalue weighted by Gasteiger charge is -2.22. The molecule has 94 valence electrons. The summed E-state index contributed by atoms with van der Waals surface area (Å²) >= 11 is 6.30. The van der Waals surface area contributed by atoms with Crippen molar-refractivity contribution in [3.05, 3.63) is 17.8 Å². The van der Waals surface area contributed by atoms with E-state index in [1.165, 1.54) is 12.7 Å². The van der Waals surface area contributed by atoms with Crippen molar-refractivity contribution in [3.8, 4) is 0 Å². The topological polar surface area (TPSA) is 37.8 Å². The van der Waals surface area contributed by atoms with E-state index in [4.69, 9.17) is 11.6 Å². The molecule has 0 bridgehead atoms. The zero-order chi connectivity index (χ0) is 12.3. The van der Waals surface area contributed by atoms with Crippen LogP contribution in [0.2, 0.25) is 0 Å². The molecule has 3 nitrogen and oxygen atoms in total. The number of hydrogen-bond acceptors (Lipinski definition) is 3. The molecule has 2 unspecified atom stereocenters. The Morgan fingerprint density at radius 2 is 2.06 bits per heavy atom. The molecule has 1 fully saturated rings. The number of nitrogens with zero attached hydrogens (tertiary/aromatic N) is 2. The number of anilines is 1. The summed E-state index contributed by atoms with van der Waals surface area (Å²) in [4.78, 5) is 7.75. The Hall–Kier alpha value is -0.900. The van der Waals surface area contributed by atoms with Crippen molar-refractivity contribution in [1.29, 1.82) is 0 Å². The predicted molar refractivity (Wildman–Crippen MR) is 66.9 cm³/mol. The first-order valence-electron chi connectivity index (χ1n) is 6.06. The predicted octanol–water partition coefficient (Wildman–Crippen LogP) is 3.28. The van der Waals surface area contributed by atoms with Gasteiger partial charge in [0.05, 0.1) is 11.1 Å². The van der Waals surface area contributed by atoms with E-state index in [1.54, 1.807) is 6.92 Å². The van der Waals surface area contributed by atoms with Crippen molar-refractivity contribution < 1.29 is 4.39 Å². The van der Waals surface area contributed by atoms with Gasteiger partial charge in [0.15, 0.2) is 11.6 Å². The molecule has 2 rings (SSSR count). The van der Waals surface area contributed by atoms with Crippen LogP contribution in [-0.2, 0) is 0 Å². The van der Waals surface area contributed by atoms with Crippen molar-refractivity contribution in [1.82, 2.24) is 9.97 Å². The SMILES string of the molecule is Cc1ncnc(NC2CCCCCC2Cl)c1F. The first kappa shape index (κ1) is 12.6. The standard InChI is InChI=1S/C12H17ClFN3/c1-8-11(14)12(16-7-15-8)17-10-6-4-2-3-5-9(10)13/h7,9-10H,2-6H2,1H3,(H,15,16,17). The zero-order valence-corrected chi connectivity index (χ0v) is 10.7. The molecule has 1 N–H and O–H groups in total. The summed E-state index contributed by atoms with van der Waals surface area (Å²) in [5, 5.41) is 3.17. The fraction of sp³-hybridized carbons (Fsp3) is 0.667. The van der Waals surface area contributed by atoms with Crippen LogP contribution in [0.15, 0.2) is 6.33 Å². The Morgan fingerprint density at radius 3 is 2.88 bits per heavy atom. The van der Waals surface area contributed by atoms with Gasteiger partial charge in [-0.3, -0.25) is 0 Å². The van der Waals surface area contributed by atoms with E-state index >= 15 is 0 Å². The Morgan fingerprint density at radius 1 is 1.29 bits per heavy atom. The van der Waals surface area contributed by atoms with Crippen molar-refractivity contribution in [2.24, 2.45) is 0 Å². The van der Waals surface area contributed by atoms with Gasteiger partial charge in [0.25, 0.3) is 0 Å². The molecular weight excluding hydrogens is 241 g/mol. The van der Waals surface area contributed by atoms with Crippen LogP contribution in [0.4, 0.5) is 10.2 Å². The van der Waals surface area contributed by atoms with Gasteiger partial charge < -0.3 is 5.32 Å². The number of rotatable bonds is 2. The Bertz CT molecular complexity index is 386. The van der Waals surface area contributed by atoms with E-state index in [1.807, 2.05) is 0 Å². The molecule has 1 aliphatic carbocycles. The summed E-state index contributed by atoms with van der Waals surface area (Å²) in [5.41, 5.74) is 0.363. The second-order valence-electron chi connectivity index (χ2n) is 4.53. The van der Waals surface area contributed by atoms with Gasteiger partial charge in [-0.2, -0.15) is 0 Å². The molecular formula is C12H17ClFN3. The van der Waals surface area contributed by atoms with E-state index in [0.29, 0.717) is 5.69 Å². The fourth-order valence-corrected chi connectivity index (χ4v) is 2.50. The van der Waals surface area contributed by atoms with Crippen LogP contribution in [0.3, 0.4) is 0 Å². The van der Waals surface area contributed by atoms with Crippen LogP contribution >= 0.6 is 11.6 Å². The minimum Gasteiger partial charge on any atom is -0.363 e. The van der Waals surface area contributed by atoms with Crippen molar-refractivity contribution in [2.45, 2.75) is 50.4 Å². The second kappa shape index (κ2) is 5.63. The maximum absolute atomic E-state index is 13.8. The number of alkyl halides is 1. The van der Waals surface area contributed by atoms with E-state index in [0.717, 1.165) is 25.7 Å². The molecule has 0 spiro atoms. The molecule has 1 heterocycles. The zero-order valence-electron chi connectivity index (χ0n) is 9.92. The Kier molecular flexibility index (Phi) is 4.15. The second-order valence-corrected chi connectivity index (χ2v) is 5.09. The molecule has 1 aromatic rings. The van der Waals surface area contributed by atoms with E-state index in [9.17, 15) is 4.39 Å². The summed E-state index contributed by atoms with van der Waals surface area (Å²) in [6.07, 6.45) is 6.80. The van der Waals surface area contributed by atoms with Crippen molar-refractivity contribution in [2.75, 3.05) is 5.32 Å². The molecule has 1 aliphatic rings. The first-order chi connectivity index (χ1) is 8.18. The largest absolute Gasteiger partial charge is 0.363 e. The number of nitrogens with one attached hydrogen (secondary N) is 1. The van der Waals surface area contributed by atoms with Crippen molar-refractivity contribution in [3.63, 3.8) is 0 Å². The minimum absolute atomic E-state index is 0.0483. The summed E-state index contributed by atoms with van der Waals surface area (Å²) in [5.74, 6) is -0.101. The highest BCUT2D eigenvalue weighted by Gasteiger charge is 2.23. The van der Waals surface area contributed by atoms with Gasteiger partial charge in [-0.05, 0) is 19.8 Å². The average Bonchev–Trinajstić information content (AvgIpc) is 2.51. The number of halogens is 2. The molecule has 0 aromatic carbocycles. The van der Waals surface area contributed by atoms with Crippen LogP contribution in [0.5, 0.6) is 0 Å².